The fourth-order valence-corrected chi connectivity index (χ4v) is 2.63. The highest BCUT2D eigenvalue weighted by molar-refractivity contribution is 5.94. The molecule has 5 nitrogen and oxygen atoms in total. The Bertz CT molecular complexity index is 436. The molecule has 3 N–H and O–H groups in total. The molecule has 0 aromatic carbocycles. The van der Waals surface area contributed by atoms with Crippen LogP contribution in [0.2, 0.25) is 0 Å². The Hall–Kier alpha value is -1.62. The van der Waals surface area contributed by atoms with Crippen LogP contribution in [0, 0.1) is 11.8 Å². The van der Waals surface area contributed by atoms with E-state index >= 15 is 0 Å². The molecule has 0 spiro atoms. The van der Waals surface area contributed by atoms with Crippen molar-refractivity contribution in [3.63, 3.8) is 0 Å². The summed E-state index contributed by atoms with van der Waals surface area (Å²) in [6.45, 7) is 2.99. The number of hydrogen-bond donors (Lipinski definition) is 2. The van der Waals surface area contributed by atoms with Crippen molar-refractivity contribution < 1.29 is 9.53 Å². The maximum absolute atomic E-state index is 12.3. The molecule has 0 aliphatic heterocycles. The summed E-state index contributed by atoms with van der Waals surface area (Å²) in [4.78, 5) is 16.4. The largest absolute Gasteiger partial charge is 0.476 e. The summed E-state index contributed by atoms with van der Waals surface area (Å²) in [6.07, 6.45) is 4.68. The fraction of sp³-hybridized carbons (Fsp3) is 0.571. The first-order chi connectivity index (χ1) is 9.26. The molecule has 1 aliphatic carbocycles. The summed E-state index contributed by atoms with van der Waals surface area (Å²) in [6, 6.07) is 3.59. The number of anilines is 1. The minimum atomic E-state index is 0.0136. The molecule has 1 amide bonds. The number of carbonyl (C=O) groups is 1. The molecule has 0 saturated heterocycles. The number of hydrogen-bond acceptors (Lipinski definition) is 4. The second-order valence-electron chi connectivity index (χ2n) is 4.81. The van der Waals surface area contributed by atoms with E-state index in [0.29, 0.717) is 30.6 Å². The molecule has 5 heteroatoms. The zero-order valence-electron chi connectivity index (χ0n) is 11.3. The third-order valence-corrected chi connectivity index (χ3v) is 3.61. The first kappa shape index (κ1) is 13.8. The van der Waals surface area contributed by atoms with Crippen molar-refractivity contribution in [2.75, 3.05) is 18.5 Å². The number of pyridine rings is 1. The predicted molar refractivity (Wildman–Crippen MR) is 73.9 cm³/mol. The Morgan fingerprint density at radius 2 is 2.42 bits per heavy atom. The fourth-order valence-electron chi connectivity index (χ4n) is 2.63. The molecule has 1 aromatic rings. The van der Waals surface area contributed by atoms with Crippen molar-refractivity contribution in [1.29, 1.82) is 0 Å². The molecule has 1 heterocycles. The van der Waals surface area contributed by atoms with Gasteiger partial charge in [0.15, 0.2) is 0 Å². The van der Waals surface area contributed by atoms with Gasteiger partial charge in [-0.25, -0.2) is 4.98 Å². The van der Waals surface area contributed by atoms with Crippen LogP contribution in [0.15, 0.2) is 18.3 Å². The molecule has 1 saturated carbocycles. The highest BCUT2D eigenvalue weighted by Crippen LogP contribution is 2.32. The lowest BCUT2D eigenvalue weighted by Gasteiger charge is -2.18. The van der Waals surface area contributed by atoms with Gasteiger partial charge < -0.3 is 15.8 Å². The van der Waals surface area contributed by atoms with Gasteiger partial charge in [-0.3, -0.25) is 4.79 Å². The highest BCUT2D eigenvalue weighted by atomic mass is 16.5. The lowest BCUT2D eigenvalue weighted by molar-refractivity contribution is -0.120. The van der Waals surface area contributed by atoms with Crippen molar-refractivity contribution >= 4 is 11.6 Å². The molecule has 2 atom stereocenters. The molecule has 0 radical (unpaired) electrons. The minimum absolute atomic E-state index is 0.0136. The first-order valence-electron chi connectivity index (χ1n) is 6.85. The van der Waals surface area contributed by atoms with Gasteiger partial charge in [-0.2, -0.15) is 0 Å². The summed E-state index contributed by atoms with van der Waals surface area (Å²) in [5.41, 5.74) is 6.35. The Kier molecular flexibility index (Phi) is 4.74. The SMILES string of the molecule is CCOc1ncccc1NC(=O)C1CCCC1CN. The average Bonchev–Trinajstić information content (AvgIpc) is 2.89. The smallest absolute Gasteiger partial charge is 0.237 e. The van der Waals surface area contributed by atoms with Crippen LogP contribution in [-0.4, -0.2) is 24.0 Å². The van der Waals surface area contributed by atoms with Crippen molar-refractivity contribution in [2.24, 2.45) is 17.6 Å². The van der Waals surface area contributed by atoms with Gasteiger partial charge in [-0.15, -0.1) is 0 Å². The Labute approximate surface area is 113 Å². The van der Waals surface area contributed by atoms with Crippen LogP contribution in [-0.2, 0) is 4.79 Å². The van der Waals surface area contributed by atoms with Crippen LogP contribution in [0.25, 0.3) is 0 Å². The van der Waals surface area contributed by atoms with E-state index in [1.54, 1.807) is 12.3 Å². The Morgan fingerprint density at radius 3 is 3.16 bits per heavy atom. The van der Waals surface area contributed by atoms with E-state index in [9.17, 15) is 4.79 Å². The van der Waals surface area contributed by atoms with E-state index in [2.05, 4.69) is 10.3 Å². The average molecular weight is 263 g/mol. The molecule has 104 valence electrons. The van der Waals surface area contributed by atoms with Gasteiger partial charge in [0.05, 0.1) is 6.61 Å². The van der Waals surface area contributed by atoms with E-state index in [1.807, 2.05) is 13.0 Å². The third-order valence-electron chi connectivity index (χ3n) is 3.61. The van der Waals surface area contributed by atoms with Gasteiger partial charge >= 0.3 is 0 Å². The Balaban J connectivity index is 2.06. The molecular formula is C14H21N3O2. The first-order valence-corrected chi connectivity index (χ1v) is 6.85. The molecule has 1 aromatic heterocycles. The summed E-state index contributed by atoms with van der Waals surface area (Å²) < 4.78 is 5.40. The maximum Gasteiger partial charge on any atom is 0.237 e. The minimum Gasteiger partial charge on any atom is -0.476 e. The number of nitrogens with one attached hydrogen (secondary N) is 1. The molecule has 1 fully saturated rings. The van der Waals surface area contributed by atoms with Gasteiger partial charge in [-0.05, 0) is 44.4 Å². The highest BCUT2D eigenvalue weighted by Gasteiger charge is 2.32. The molecule has 2 rings (SSSR count). The van der Waals surface area contributed by atoms with Gasteiger partial charge in [0.2, 0.25) is 11.8 Å². The number of rotatable bonds is 5. The zero-order valence-corrected chi connectivity index (χ0v) is 11.3. The lowest BCUT2D eigenvalue weighted by Crippen LogP contribution is -2.29. The monoisotopic (exact) mass is 263 g/mol. The van der Waals surface area contributed by atoms with Gasteiger partial charge in [0.25, 0.3) is 0 Å². The van der Waals surface area contributed by atoms with Crippen LogP contribution in [0.3, 0.4) is 0 Å². The van der Waals surface area contributed by atoms with Crippen molar-refractivity contribution in [3.8, 4) is 5.88 Å². The second kappa shape index (κ2) is 6.52. The number of amides is 1. The predicted octanol–water partition coefficient (Wildman–Crippen LogP) is 1.79. The maximum atomic E-state index is 12.3. The van der Waals surface area contributed by atoms with Crippen molar-refractivity contribution in [3.05, 3.63) is 18.3 Å². The quantitative estimate of drug-likeness (QED) is 0.849. The lowest BCUT2D eigenvalue weighted by atomic mass is 9.95. The summed E-state index contributed by atoms with van der Waals surface area (Å²) in [5, 5.41) is 2.92. The van der Waals surface area contributed by atoms with E-state index in [-0.39, 0.29) is 11.8 Å². The molecule has 1 aliphatic rings. The van der Waals surface area contributed by atoms with Crippen LogP contribution < -0.4 is 15.8 Å². The molecule has 19 heavy (non-hydrogen) atoms. The van der Waals surface area contributed by atoms with Crippen molar-refractivity contribution in [1.82, 2.24) is 4.98 Å². The molecule has 2 unspecified atom stereocenters. The number of carbonyl (C=O) groups excluding carboxylic acids is 1. The Morgan fingerprint density at radius 1 is 1.58 bits per heavy atom. The van der Waals surface area contributed by atoms with Crippen LogP contribution in [0.4, 0.5) is 5.69 Å². The van der Waals surface area contributed by atoms with Gasteiger partial charge in [0, 0.05) is 12.1 Å². The van der Waals surface area contributed by atoms with E-state index in [0.717, 1.165) is 19.3 Å². The summed E-state index contributed by atoms with van der Waals surface area (Å²) in [5.74, 6) is 0.814. The number of nitrogens with zero attached hydrogens (tertiary/aromatic N) is 1. The summed E-state index contributed by atoms with van der Waals surface area (Å²) >= 11 is 0. The van der Waals surface area contributed by atoms with Gasteiger partial charge in [-0.1, -0.05) is 6.42 Å². The van der Waals surface area contributed by atoms with E-state index < -0.39 is 0 Å². The molecule has 0 bridgehead atoms. The normalized spacial score (nSPS) is 22.2. The molecular weight excluding hydrogens is 242 g/mol. The van der Waals surface area contributed by atoms with Crippen LogP contribution in [0.1, 0.15) is 26.2 Å². The van der Waals surface area contributed by atoms with E-state index in [1.165, 1.54) is 0 Å². The second-order valence-corrected chi connectivity index (χ2v) is 4.81. The van der Waals surface area contributed by atoms with Crippen LogP contribution in [0.5, 0.6) is 5.88 Å². The summed E-state index contributed by atoms with van der Waals surface area (Å²) in [7, 11) is 0. The third kappa shape index (κ3) is 3.23. The van der Waals surface area contributed by atoms with Crippen molar-refractivity contribution in [2.45, 2.75) is 26.2 Å². The standard InChI is InChI=1S/C14H21N3O2/c1-2-19-14-12(7-4-8-16-14)17-13(18)11-6-3-5-10(11)9-15/h4,7-8,10-11H,2-3,5-6,9,15H2,1H3,(H,17,18). The number of aromatic nitrogens is 1. The van der Waals surface area contributed by atoms with E-state index in [4.69, 9.17) is 10.5 Å². The zero-order chi connectivity index (χ0) is 13.7. The number of ether oxygens (including phenoxy) is 1. The topological polar surface area (TPSA) is 77.2 Å². The van der Waals surface area contributed by atoms with Gasteiger partial charge in [0.1, 0.15) is 5.69 Å². The van der Waals surface area contributed by atoms with Crippen LogP contribution >= 0.6 is 0 Å². The number of nitrogens with two attached hydrogens (primary N) is 1.